The van der Waals surface area contributed by atoms with Crippen molar-refractivity contribution in [3.63, 3.8) is 0 Å². The maximum atomic E-state index is 11.4. The fraction of sp³-hybridized carbons (Fsp3) is 0.462. The number of nitrogens with zero attached hydrogens (tertiary/aromatic N) is 1. The third kappa shape index (κ3) is 4.87. The Morgan fingerprint density at radius 1 is 1.52 bits per heavy atom. The molecule has 116 valence electrons. The number of hydrogen-bond donors (Lipinski definition) is 1. The molecule has 0 radical (unpaired) electrons. The van der Waals surface area contributed by atoms with E-state index in [1.54, 1.807) is 6.92 Å². The number of benzene rings is 1. The smallest absolute Gasteiger partial charge is 0.325 e. The topological polar surface area (TPSA) is 105 Å². The third-order valence-corrected chi connectivity index (χ3v) is 3.18. The molecule has 0 bridgehead atoms. The van der Waals surface area contributed by atoms with E-state index in [0.29, 0.717) is 25.2 Å². The van der Waals surface area contributed by atoms with E-state index in [9.17, 15) is 14.9 Å². The van der Waals surface area contributed by atoms with Crippen LogP contribution in [0.5, 0.6) is 5.75 Å². The van der Waals surface area contributed by atoms with Crippen molar-refractivity contribution >= 4 is 23.3 Å². The van der Waals surface area contributed by atoms with Gasteiger partial charge in [0.05, 0.1) is 18.6 Å². The van der Waals surface area contributed by atoms with E-state index in [4.69, 9.17) is 22.1 Å². The molecule has 21 heavy (non-hydrogen) atoms. The van der Waals surface area contributed by atoms with Crippen molar-refractivity contribution in [2.24, 2.45) is 5.73 Å². The monoisotopic (exact) mass is 316 g/mol. The van der Waals surface area contributed by atoms with Gasteiger partial charge in [-0.15, -0.1) is 0 Å². The fourth-order valence-electron chi connectivity index (χ4n) is 1.69. The van der Waals surface area contributed by atoms with Crippen molar-refractivity contribution in [2.75, 3.05) is 13.7 Å². The molecule has 0 saturated heterocycles. The van der Waals surface area contributed by atoms with Gasteiger partial charge < -0.3 is 15.2 Å². The number of nitro benzene ring substituents is 1. The summed E-state index contributed by atoms with van der Waals surface area (Å²) in [6.07, 6.45) is 0.914. The van der Waals surface area contributed by atoms with Crippen molar-refractivity contribution in [3.8, 4) is 5.75 Å². The van der Waals surface area contributed by atoms with Crippen LogP contribution in [0.3, 0.4) is 0 Å². The van der Waals surface area contributed by atoms with E-state index in [-0.39, 0.29) is 10.7 Å². The Balaban J connectivity index is 2.48. The van der Waals surface area contributed by atoms with Gasteiger partial charge in [0.15, 0.2) is 0 Å². The summed E-state index contributed by atoms with van der Waals surface area (Å²) in [7, 11) is 1.28. The minimum Gasteiger partial charge on any atom is -0.494 e. The fourth-order valence-corrected chi connectivity index (χ4v) is 1.93. The van der Waals surface area contributed by atoms with Crippen LogP contribution in [0.1, 0.15) is 19.8 Å². The summed E-state index contributed by atoms with van der Waals surface area (Å²) in [5, 5.41) is 10.6. The van der Waals surface area contributed by atoms with Crippen LogP contribution in [0.15, 0.2) is 18.2 Å². The molecule has 7 nitrogen and oxygen atoms in total. The molecular formula is C13H17ClN2O5. The van der Waals surface area contributed by atoms with Crippen LogP contribution in [0, 0.1) is 10.1 Å². The molecule has 0 saturated carbocycles. The summed E-state index contributed by atoms with van der Waals surface area (Å²) in [5.41, 5.74) is 4.56. The SMILES string of the molecule is COC(=O)C(C)(N)CCCOc1ccc([N+](=O)[O-])c(Cl)c1. The zero-order valence-corrected chi connectivity index (χ0v) is 12.6. The minimum atomic E-state index is -1.06. The Morgan fingerprint density at radius 2 is 2.19 bits per heavy atom. The lowest BCUT2D eigenvalue weighted by atomic mass is 9.98. The molecule has 0 spiro atoms. The van der Waals surface area contributed by atoms with Gasteiger partial charge in [0.2, 0.25) is 0 Å². The first-order valence-corrected chi connectivity index (χ1v) is 6.60. The van der Waals surface area contributed by atoms with Gasteiger partial charge in [-0.1, -0.05) is 11.6 Å². The van der Waals surface area contributed by atoms with Crippen LogP contribution < -0.4 is 10.5 Å². The molecule has 0 fully saturated rings. The van der Waals surface area contributed by atoms with Crippen LogP contribution in [-0.2, 0) is 9.53 Å². The summed E-state index contributed by atoms with van der Waals surface area (Å²) >= 11 is 5.77. The highest BCUT2D eigenvalue weighted by molar-refractivity contribution is 6.32. The molecular weight excluding hydrogens is 300 g/mol. The Morgan fingerprint density at radius 3 is 2.71 bits per heavy atom. The molecule has 1 atom stereocenters. The Bertz CT molecular complexity index is 533. The molecule has 1 unspecified atom stereocenters. The number of esters is 1. The van der Waals surface area contributed by atoms with Crippen molar-refractivity contribution < 1.29 is 19.2 Å². The standard InChI is InChI=1S/C13H17ClN2O5/c1-13(15,12(17)20-2)6-3-7-21-9-4-5-11(16(18)19)10(14)8-9/h4-5,8H,3,6-7,15H2,1-2H3. The molecule has 1 rings (SSSR count). The van der Waals surface area contributed by atoms with Gasteiger partial charge in [-0.05, 0) is 25.8 Å². The average Bonchev–Trinajstić information content (AvgIpc) is 2.42. The number of hydrogen-bond acceptors (Lipinski definition) is 6. The van der Waals surface area contributed by atoms with Gasteiger partial charge in [-0.25, -0.2) is 0 Å². The van der Waals surface area contributed by atoms with E-state index in [1.165, 1.54) is 25.3 Å². The van der Waals surface area contributed by atoms with Crippen LogP contribution in [0.25, 0.3) is 0 Å². The molecule has 1 aromatic carbocycles. The second kappa shape index (κ2) is 7.24. The van der Waals surface area contributed by atoms with Crippen molar-refractivity contribution in [1.29, 1.82) is 0 Å². The average molecular weight is 317 g/mol. The van der Waals surface area contributed by atoms with E-state index >= 15 is 0 Å². The number of ether oxygens (including phenoxy) is 2. The molecule has 1 aromatic rings. The normalized spacial score (nSPS) is 13.3. The van der Waals surface area contributed by atoms with Crippen molar-refractivity contribution in [3.05, 3.63) is 33.3 Å². The Labute approximate surface area is 127 Å². The van der Waals surface area contributed by atoms with E-state index in [0.717, 1.165) is 0 Å². The van der Waals surface area contributed by atoms with Gasteiger partial charge in [0, 0.05) is 12.1 Å². The predicted molar refractivity (Wildman–Crippen MR) is 77.4 cm³/mol. The van der Waals surface area contributed by atoms with Gasteiger partial charge >= 0.3 is 5.97 Å². The molecule has 2 N–H and O–H groups in total. The van der Waals surface area contributed by atoms with Gasteiger partial charge in [0.25, 0.3) is 5.69 Å². The second-order valence-electron chi connectivity index (χ2n) is 4.73. The first-order chi connectivity index (χ1) is 9.77. The summed E-state index contributed by atoms with van der Waals surface area (Å²) < 4.78 is 10.0. The highest BCUT2D eigenvalue weighted by Gasteiger charge is 2.28. The predicted octanol–water partition coefficient (Wildman–Crippen LogP) is 2.30. The molecule has 0 aliphatic heterocycles. The summed E-state index contributed by atoms with van der Waals surface area (Å²) in [6.45, 7) is 1.89. The summed E-state index contributed by atoms with van der Waals surface area (Å²) in [5.74, 6) is -0.0664. The van der Waals surface area contributed by atoms with E-state index in [2.05, 4.69) is 4.74 Å². The number of carbonyl (C=O) groups is 1. The van der Waals surface area contributed by atoms with Crippen molar-refractivity contribution in [2.45, 2.75) is 25.3 Å². The Hall–Kier alpha value is -1.86. The maximum absolute atomic E-state index is 11.4. The largest absolute Gasteiger partial charge is 0.494 e. The van der Waals surface area contributed by atoms with Gasteiger partial charge in [-0.3, -0.25) is 14.9 Å². The minimum absolute atomic E-state index is 0.00993. The molecule has 0 aliphatic rings. The van der Waals surface area contributed by atoms with E-state index < -0.39 is 16.4 Å². The zero-order valence-electron chi connectivity index (χ0n) is 11.8. The maximum Gasteiger partial charge on any atom is 0.325 e. The van der Waals surface area contributed by atoms with Gasteiger partial charge in [0.1, 0.15) is 16.3 Å². The number of halogens is 1. The van der Waals surface area contributed by atoms with Crippen LogP contribution in [0.2, 0.25) is 5.02 Å². The number of carbonyl (C=O) groups excluding carboxylic acids is 1. The number of methoxy groups -OCH3 is 1. The van der Waals surface area contributed by atoms with Gasteiger partial charge in [-0.2, -0.15) is 0 Å². The lowest BCUT2D eigenvalue weighted by molar-refractivity contribution is -0.384. The number of nitro groups is 1. The zero-order chi connectivity index (χ0) is 16.0. The highest BCUT2D eigenvalue weighted by atomic mass is 35.5. The van der Waals surface area contributed by atoms with Crippen LogP contribution >= 0.6 is 11.6 Å². The lowest BCUT2D eigenvalue weighted by Crippen LogP contribution is -2.45. The molecule has 0 aliphatic carbocycles. The van der Waals surface area contributed by atoms with E-state index in [1.807, 2.05) is 0 Å². The first-order valence-electron chi connectivity index (χ1n) is 6.22. The van der Waals surface area contributed by atoms with Crippen LogP contribution in [-0.4, -0.2) is 30.1 Å². The van der Waals surface area contributed by atoms with Crippen LogP contribution in [0.4, 0.5) is 5.69 Å². The molecule has 0 heterocycles. The third-order valence-electron chi connectivity index (χ3n) is 2.88. The molecule has 0 amide bonds. The quantitative estimate of drug-likeness (QED) is 0.358. The summed E-state index contributed by atoms with van der Waals surface area (Å²) in [4.78, 5) is 21.4. The van der Waals surface area contributed by atoms with Crippen molar-refractivity contribution in [1.82, 2.24) is 0 Å². The second-order valence-corrected chi connectivity index (χ2v) is 5.14. The lowest BCUT2D eigenvalue weighted by Gasteiger charge is -2.21. The highest BCUT2D eigenvalue weighted by Crippen LogP contribution is 2.28. The first kappa shape index (κ1) is 17.2. The number of nitrogens with two attached hydrogens (primary N) is 1. The number of rotatable bonds is 7. The Kier molecular flexibility index (Phi) is 5.92. The molecule has 0 aromatic heterocycles. The molecule has 8 heteroatoms. The summed E-state index contributed by atoms with van der Waals surface area (Å²) in [6, 6.07) is 4.12.